The van der Waals surface area contributed by atoms with E-state index in [1.165, 1.54) is 12.3 Å². The summed E-state index contributed by atoms with van der Waals surface area (Å²) in [5, 5.41) is 0. The smallest absolute Gasteiger partial charge is 0.244 e. The molecule has 0 bridgehead atoms. The Labute approximate surface area is 89.8 Å². The predicted octanol–water partition coefficient (Wildman–Crippen LogP) is 0.598. The van der Waals surface area contributed by atoms with Crippen molar-refractivity contribution >= 4 is 15.8 Å². The van der Waals surface area contributed by atoms with Gasteiger partial charge in [-0.1, -0.05) is 13.8 Å². The normalized spacial score (nSPS) is 11.9. The number of anilines is 1. The van der Waals surface area contributed by atoms with E-state index in [1.54, 1.807) is 6.07 Å². The van der Waals surface area contributed by atoms with Crippen LogP contribution in [-0.2, 0) is 10.0 Å². The summed E-state index contributed by atoms with van der Waals surface area (Å²) in [5.74, 6) is 0.270. The van der Waals surface area contributed by atoms with Gasteiger partial charge in [0.2, 0.25) is 10.0 Å². The van der Waals surface area contributed by atoms with Crippen molar-refractivity contribution in [1.29, 1.82) is 0 Å². The fraction of sp³-hybridized carbons (Fsp3) is 0.444. The molecular weight excluding hydrogens is 214 g/mol. The van der Waals surface area contributed by atoms with Crippen molar-refractivity contribution in [3.63, 3.8) is 0 Å². The molecule has 0 aliphatic carbocycles. The first-order valence-electron chi connectivity index (χ1n) is 4.63. The number of nitrogens with two attached hydrogens (primary N) is 1. The number of pyridine rings is 1. The van der Waals surface area contributed by atoms with E-state index >= 15 is 0 Å². The summed E-state index contributed by atoms with van der Waals surface area (Å²) in [6, 6.07) is 2.98. The molecule has 0 amide bonds. The van der Waals surface area contributed by atoms with Crippen LogP contribution >= 0.6 is 0 Å². The van der Waals surface area contributed by atoms with E-state index in [4.69, 9.17) is 5.73 Å². The molecule has 1 aromatic rings. The van der Waals surface area contributed by atoms with E-state index in [1.807, 2.05) is 13.8 Å². The van der Waals surface area contributed by atoms with Gasteiger partial charge in [0.25, 0.3) is 0 Å². The topological polar surface area (TPSA) is 85.1 Å². The Morgan fingerprint density at radius 1 is 1.53 bits per heavy atom. The Kier molecular flexibility index (Phi) is 3.65. The number of aromatic nitrogens is 1. The van der Waals surface area contributed by atoms with Gasteiger partial charge in [-0.25, -0.2) is 18.1 Å². The largest absolute Gasteiger partial charge is 0.383 e. The molecule has 0 aliphatic heterocycles. The molecular formula is C9H15N3O2S. The van der Waals surface area contributed by atoms with Crippen molar-refractivity contribution in [3.05, 3.63) is 18.3 Å². The van der Waals surface area contributed by atoms with Gasteiger partial charge < -0.3 is 5.73 Å². The Morgan fingerprint density at radius 2 is 2.20 bits per heavy atom. The van der Waals surface area contributed by atoms with Crippen LogP contribution in [0.5, 0.6) is 0 Å². The zero-order valence-electron chi connectivity index (χ0n) is 8.77. The van der Waals surface area contributed by atoms with Crippen molar-refractivity contribution < 1.29 is 8.42 Å². The third-order valence-electron chi connectivity index (χ3n) is 1.77. The average molecular weight is 229 g/mol. The second kappa shape index (κ2) is 4.59. The minimum Gasteiger partial charge on any atom is -0.383 e. The van der Waals surface area contributed by atoms with Gasteiger partial charge in [0, 0.05) is 12.7 Å². The van der Waals surface area contributed by atoms with Gasteiger partial charge in [-0.15, -0.1) is 0 Å². The van der Waals surface area contributed by atoms with Crippen molar-refractivity contribution in [1.82, 2.24) is 9.71 Å². The molecule has 0 aromatic carbocycles. The van der Waals surface area contributed by atoms with Crippen LogP contribution in [0.25, 0.3) is 0 Å². The molecule has 15 heavy (non-hydrogen) atoms. The lowest BCUT2D eigenvalue weighted by atomic mass is 10.2. The molecule has 0 spiro atoms. The Hall–Kier alpha value is -1.14. The number of nitrogens with zero attached hydrogens (tertiary/aromatic N) is 1. The second-order valence-electron chi connectivity index (χ2n) is 3.63. The molecule has 1 aromatic heterocycles. The maximum atomic E-state index is 11.7. The van der Waals surface area contributed by atoms with Crippen LogP contribution in [0.2, 0.25) is 0 Å². The number of sulfonamides is 1. The van der Waals surface area contributed by atoms with Crippen LogP contribution in [-0.4, -0.2) is 19.9 Å². The Morgan fingerprint density at radius 3 is 2.73 bits per heavy atom. The maximum absolute atomic E-state index is 11.7. The summed E-state index contributed by atoms with van der Waals surface area (Å²) in [5.41, 5.74) is 5.48. The first kappa shape index (κ1) is 11.9. The predicted molar refractivity (Wildman–Crippen MR) is 58.7 cm³/mol. The van der Waals surface area contributed by atoms with E-state index in [-0.39, 0.29) is 16.6 Å². The summed E-state index contributed by atoms with van der Waals surface area (Å²) in [6.45, 7) is 4.24. The summed E-state index contributed by atoms with van der Waals surface area (Å²) >= 11 is 0. The summed E-state index contributed by atoms with van der Waals surface area (Å²) in [6.07, 6.45) is 1.46. The van der Waals surface area contributed by atoms with Crippen LogP contribution in [0.3, 0.4) is 0 Å². The van der Waals surface area contributed by atoms with Gasteiger partial charge in [0.15, 0.2) is 0 Å². The molecule has 0 radical (unpaired) electrons. The second-order valence-corrected chi connectivity index (χ2v) is 5.37. The van der Waals surface area contributed by atoms with E-state index in [2.05, 4.69) is 9.71 Å². The molecule has 3 N–H and O–H groups in total. The van der Waals surface area contributed by atoms with Crippen molar-refractivity contribution in [2.45, 2.75) is 18.7 Å². The third-order valence-corrected chi connectivity index (χ3v) is 3.24. The highest BCUT2D eigenvalue weighted by Crippen LogP contribution is 2.14. The quantitative estimate of drug-likeness (QED) is 0.791. The summed E-state index contributed by atoms with van der Waals surface area (Å²) in [7, 11) is -3.52. The lowest BCUT2D eigenvalue weighted by Crippen LogP contribution is -2.28. The van der Waals surface area contributed by atoms with Crippen LogP contribution in [0.4, 0.5) is 5.82 Å². The van der Waals surface area contributed by atoms with Crippen molar-refractivity contribution in [2.24, 2.45) is 5.92 Å². The first-order valence-corrected chi connectivity index (χ1v) is 6.12. The number of hydrogen-bond donors (Lipinski definition) is 2. The molecule has 0 saturated heterocycles. The van der Waals surface area contributed by atoms with Crippen LogP contribution in [0.15, 0.2) is 23.2 Å². The van der Waals surface area contributed by atoms with E-state index in [9.17, 15) is 8.42 Å². The average Bonchev–Trinajstić information content (AvgIpc) is 2.15. The molecule has 0 fully saturated rings. The third kappa shape index (κ3) is 3.17. The van der Waals surface area contributed by atoms with Crippen LogP contribution in [0, 0.1) is 5.92 Å². The summed E-state index contributed by atoms with van der Waals surface area (Å²) < 4.78 is 25.9. The molecule has 1 rings (SSSR count). The van der Waals surface area contributed by atoms with E-state index < -0.39 is 10.0 Å². The zero-order valence-corrected chi connectivity index (χ0v) is 9.58. The van der Waals surface area contributed by atoms with Crippen LogP contribution in [0.1, 0.15) is 13.8 Å². The SMILES string of the molecule is CC(C)CNS(=O)(=O)c1cccnc1N. The monoisotopic (exact) mass is 229 g/mol. The van der Waals surface area contributed by atoms with E-state index in [0.29, 0.717) is 6.54 Å². The highest BCUT2D eigenvalue weighted by atomic mass is 32.2. The van der Waals surface area contributed by atoms with Crippen molar-refractivity contribution in [3.8, 4) is 0 Å². The van der Waals surface area contributed by atoms with Gasteiger partial charge in [0.1, 0.15) is 10.7 Å². The number of hydrogen-bond acceptors (Lipinski definition) is 4. The minimum atomic E-state index is -3.52. The zero-order chi connectivity index (χ0) is 11.5. The lowest BCUT2D eigenvalue weighted by Gasteiger charge is -2.09. The molecule has 0 unspecified atom stereocenters. The van der Waals surface area contributed by atoms with Gasteiger partial charge in [-0.05, 0) is 18.1 Å². The number of nitrogens with one attached hydrogen (secondary N) is 1. The lowest BCUT2D eigenvalue weighted by molar-refractivity contribution is 0.560. The molecule has 5 nitrogen and oxygen atoms in total. The first-order chi connectivity index (χ1) is 6.93. The highest BCUT2D eigenvalue weighted by Gasteiger charge is 2.17. The van der Waals surface area contributed by atoms with Crippen molar-refractivity contribution in [2.75, 3.05) is 12.3 Å². The number of rotatable bonds is 4. The molecule has 0 aliphatic rings. The molecule has 84 valence electrons. The van der Waals surface area contributed by atoms with Gasteiger partial charge in [0.05, 0.1) is 0 Å². The van der Waals surface area contributed by atoms with E-state index in [0.717, 1.165) is 0 Å². The Balaban J connectivity index is 2.92. The number of nitrogen functional groups attached to an aromatic ring is 1. The fourth-order valence-electron chi connectivity index (χ4n) is 0.984. The highest BCUT2D eigenvalue weighted by molar-refractivity contribution is 7.89. The van der Waals surface area contributed by atoms with Gasteiger partial charge >= 0.3 is 0 Å². The maximum Gasteiger partial charge on any atom is 0.244 e. The standard InChI is InChI=1S/C9H15N3O2S/c1-7(2)6-12-15(13,14)8-4-3-5-11-9(8)10/h3-5,7,12H,6H2,1-2H3,(H2,10,11). The molecule has 1 heterocycles. The fourth-order valence-corrected chi connectivity index (χ4v) is 2.28. The van der Waals surface area contributed by atoms with Gasteiger partial charge in [-0.3, -0.25) is 0 Å². The van der Waals surface area contributed by atoms with Crippen LogP contribution < -0.4 is 10.5 Å². The van der Waals surface area contributed by atoms with Gasteiger partial charge in [-0.2, -0.15) is 0 Å². The Bertz CT molecular complexity index is 429. The molecule has 0 atom stereocenters. The molecule has 0 saturated carbocycles. The molecule has 6 heteroatoms. The minimum absolute atomic E-state index is 0.0220. The summed E-state index contributed by atoms with van der Waals surface area (Å²) in [4.78, 5) is 3.76.